The molecule has 0 aliphatic carbocycles. The minimum absolute atomic E-state index is 0.0301. The molecule has 0 radical (unpaired) electrons. The van der Waals surface area contributed by atoms with Crippen molar-refractivity contribution in [3.05, 3.63) is 34.1 Å². The van der Waals surface area contributed by atoms with Gasteiger partial charge in [0.25, 0.3) is 5.69 Å². The number of nitrogens with zero attached hydrogens (tertiary/aromatic N) is 1. The summed E-state index contributed by atoms with van der Waals surface area (Å²) >= 11 is 0. The minimum atomic E-state index is -1.05. The number of nitro benzene ring substituents is 1. The van der Waals surface area contributed by atoms with Crippen LogP contribution in [0.3, 0.4) is 0 Å². The van der Waals surface area contributed by atoms with Gasteiger partial charge < -0.3 is 15.5 Å². The first-order valence-electron chi connectivity index (χ1n) is 4.51. The van der Waals surface area contributed by atoms with E-state index in [9.17, 15) is 14.5 Å². The molecule has 3 N–H and O–H groups in total. The van der Waals surface area contributed by atoms with E-state index in [0.29, 0.717) is 0 Å². The maximum Gasteiger partial charge on any atom is 0.292 e. The van der Waals surface area contributed by atoms with Gasteiger partial charge in [-0.05, 0) is 6.07 Å². The van der Waals surface area contributed by atoms with Crippen LogP contribution in [0.5, 0.6) is 0 Å². The molecule has 16 heavy (non-hydrogen) atoms. The van der Waals surface area contributed by atoms with E-state index in [-0.39, 0.29) is 17.9 Å². The number of hydrogen-bond donors (Lipinski definition) is 3. The lowest BCUT2D eigenvalue weighted by Gasteiger charge is -2.10. The van der Waals surface area contributed by atoms with Crippen LogP contribution < -0.4 is 5.32 Å². The molecule has 1 rings (SSSR count). The summed E-state index contributed by atoms with van der Waals surface area (Å²) in [4.78, 5) is 9.92. The summed E-state index contributed by atoms with van der Waals surface area (Å²) in [7, 11) is 0. The third-order valence-electron chi connectivity index (χ3n) is 1.89. The molecule has 0 amide bonds. The molecular formula is C9H11FN2O4. The molecule has 0 spiro atoms. The summed E-state index contributed by atoms with van der Waals surface area (Å²) < 4.78 is 12.8. The van der Waals surface area contributed by atoms with Crippen molar-refractivity contribution < 1.29 is 19.5 Å². The molecule has 0 fully saturated rings. The fourth-order valence-electron chi connectivity index (χ4n) is 1.10. The minimum Gasteiger partial charge on any atom is -0.394 e. The molecule has 7 heteroatoms. The predicted molar refractivity (Wildman–Crippen MR) is 54.6 cm³/mol. The van der Waals surface area contributed by atoms with Gasteiger partial charge in [0, 0.05) is 18.7 Å². The Balaban J connectivity index is 2.84. The Hall–Kier alpha value is -1.73. The van der Waals surface area contributed by atoms with Crippen LogP contribution in [0.1, 0.15) is 0 Å². The highest BCUT2D eigenvalue weighted by molar-refractivity contribution is 5.61. The Morgan fingerprint density at radius 2 is 2.25 bits per heavy atom. The zero-order valence-electron chi connectivity index (χ0n) is 8.26. The molecule has 1 aromatic rings. The van der Waals surface area contributed by atoms with Gasteiger partial charge in [-0.25, -0.2) is 4.39 Å². The predicted octanol–water partition coefficient (Wildman–Crippen LogP) is 0.499. The van der Waals surface area contributed by atoms with Crippen molar-refractivity contribution in [2.45, 2.75) is 6.10 Å². The van der Waals surface area contributed by atoms with E-state index in [4.69, 9.17) is 10.2 Å². The molecule has 1 aromatic carbocycles. The van der Waals surface area contributed by atoms with Gasteiger partial charge in [-0.15, -0.1) is 0 Å². The first-order chi connectivity index (χ1) is 7.54. The number of aliphatic hydroxyl groups is 2. The van der Waals surface area contributed by atoms with Crippen LogP contribution in [0.2, 0.25) is 0 Å². The Morgan fingerprint density at radius 3 is 2.81 bits per heavy atom. The van der Waals surface area contributed by atoms with Gasteiger partial charge >= 0.3 is 0 Å². The van der Waals surface area contributed by atoms with Crippen molar-refractivity contribution in [3.63, 3.8) is 0 Å². The highest BCUT2D eigenvalue weighted by atomic mass is 19.1. The Kier molecular flexibility index (Phi) is 4.15. The van der Waals surface area contributed by atoms with Crippen molar-refractivity contribution >= 4 is 11.4 Å². The number of nitrogens with one attached hydrogen (secondary N) is 1. The summed E-state index contributed by atoms with van der Waals surface area (Å²) in [6, 6.07) is 2.97. The van der Waals surface area contributed by atoms with Crippen LogP contribution in [-0.2, 0) is 0 Å². The van der Waals surface area contributed by atoms with Gasteiger partial charge in [0.1, 0.15) is 11.5 Å². The van der Waals surface area contributed by atoms with E-state index in [1.165, 1.54) is 0 Å². The second-order valence-corrected chi connectivity index (χ2v) is 3.14. The van der Waals surface area contributed by atoms with Crippen molar-refractivity contribution in [1.29, 1.82) is 0 Å². The molecule has 1 atom stereocenters. The average Bonchev–Trinajstić information content (AvgIpc) is 2.25. The average molecular weight is 230 g/mol. The summed E-state index contributed by atoms with van der Waals surface area (Å²) in [5.41, 5.74) is -0.316. The van der Waals surface area contributed by atoms with E-state index in [0.717, 1.165) is 18.2 Å². The van der Waals surface area contributed by atoms with Crippen LogP contribution >= 0.6 is 0 Å². The Morgan fingerprint density at radius 1 is 1.56 bits per heavy atom. The van der Waals surface area contributed by atoms with Gasteiger partial charge in [0.15, 0.2) is 0 Å². The van der Waals surface area contributed by atoms with Crippen molar-refractivity contribution in [1.82, 2.24) is 0 Å². The molecule has 88 valence electrons. The van der Waals surface area contributed by atoms with Crippen LogP contribution in [-0.4, -0.2) is 34.4 Å². The maximum absolute atomic E-state index is 12.8. The van der Waals surface area contributed by atoms with Gasteiger partial charge in [-0.3, -0.25) is 10.1 Å². The lowest BCUT2D eigenvalue weighted by Crippen LogP contribution is -2.23. The number of halogens is 1. The molecule has 0 aliphatic heterocycles. The molecule has 0 saturated carbocycles. The number of rotatable bonds is 5. The fourth-order valence-corrected chi connectivity index (χ4v) is 1.10. The highest BCUT2D eigenvalue weighted by Crippen LogP contribution is 2.24. The van der Waals surface area contributed by atoms with Crippen LogP contribution in [0, 0.1) is 15.9 Å². The first-order valence-corrected chi connectivity index (χ1v) is 4.51. The second-order valence-electron chi connectivity index (χ2n) is 3.14. The second kappa shape index (κ2) is 5.38. The SMILES string of the molecule is O=[N+]([O-])c1ccc(F)cc1NCC(O)CO. The van der Waals surface area contributed by atoms with E-state index < -0.39 is 23.5 Å². The number of nitro groups is 1. The van der Waals surface area contributed by atoms with E-state index >= 15 is 0 Å². The number of anilines is 1. The van der Waals surface area contributed by atoms with Crippen molar-refractivity contribution in [2.75, 3.05) is 18.5 Å². The first kappa shape index (κ1) is 12.3. The largest absolute Gasteiger partial charge is 0.394 e. The highest BCUT2D eigenvalue weighted by Gasteiger charge is 2.14. The summed E-state index contributed by atoms with van der Waals surface area (Å²) in [6.45, 7) is -0.573. The van der Waals surface area contributed by atoms with Gasteiger partial charge in [-0.2, -0.15) is 0 Å². The number of benzene rings is 1. The molecule has 0 aliphatic rings. The Labute approximate surface area is 90.5 Å². The van der Waals surface area contributed by atoms with Crippen LogP contribution in [0.25, 0.3) is 0 Å². The molecule has 6 nitrogen and oxygen atoms in total. The zero-order chi connectivity index (χ0) is 12.1. The normalized spacial score (nSPS) is 12.2. The number of hydrogen-bond acceptors (Lipinski definition) is 5. The van der Waals surface area contributed by atoms with E-state index in [1.807, 2.05) is 0 Å². The quantitative estimate of drug-likeness (QED) is 0.505. The van der Waals surface area contributed by atoms with Gasteiger partial charge in [0.05, 0.1) is 17.6 Å². The summed E-state index contributed by atoms with van der Waals surface area (Å²) in [5.74, 6) is -0.619. The third-order valence-corrected chi connectivity index (χ3v) is 1.89. The smallest absolute Gasteiger partial charge is 0.292 e. The Bertz CT molecular complexity index is 386. The number of aliphatic hydroxyl groups excluding tert-OH is 2. The molecule has 0 heterocycles. The zero-order valence-corrected chi connectivity index (χ0v) is 8.26. The van der Waals surface area contributed by atoms with Crippen molar-refractivity contribution in [2.24, 2.45) is 0 Å². The van der Waals surface area contributed by atoms with Gasteiger partial charge in [-0.1, -0.05) is 0 Å². The molecule has 0 aromatic heterocycles. The fraction of sp³-hybridized carbons (Fsp3) is 0.333. The van der Waals surface area contributed by atoms with Crippen LogP contribution in [0.15, 0.2) is 18.2 Å². The van der Waals surface area contributed by atoms with E-state index in [2.05, 4.69) is 5.32 Å². The molecule has 1 unspecified atom stereocenters. The van der Waals surface area contributed by atoms with Gasteiger partial charge in [0.2, 0.25) is 0 Å². The third kappa shape index (κ3) is 3.14. The topological polar surface area (TPSA) is 95.6 Å². The summed E-state index contributed by atoms with van der Waals surface area (Å²) in [6.07, 6.45) is -1.05. The standard InChI is InChI=1S/C9H11FN2O4/c10-6-1-2-9(12(15)16)8(3-6)11-4-7(14)5-13/h1-3,7,11,13-14H,4-5H2. The molecule has 0 bridgehead atoms. The lowest BCUT2D eigenvalue weighted by atomic mass is 10.2. The van der Waals surface area contributed by atoms with Crippen LogP contribution in [0.4, 0.5) is 15.8 Å². The maximum atomic E-state index is 12.8. The van der Waals surface area contributed by atoms with Crippen molar-refractivity contribution in [3.8, 4) is 0 Å². The molecule has 0 saturated heterocycles. The lowest BCUT2D eigenvalue weighted by molar-refractivity contribution is -0.384. The molecular weight excluding hydrogens is 219 g/mol. The summed E-state index contributed by atoms with van der Waals surface area (Å²) in [5, 5.41) is 30.7. The monoisotopic (exact) mass is 230 g/mol. The van der Waals surface area contributed by atoms with E-state index in [1.54, 1.807) is 0 Å².